The number of aromatic nitrogens is 2. The molecule has 0 saturated carbocycles. The van der Waals surface area contributed by atoms with Crippen LogP contribution in [-0.4, -0.2) is 17.0 Å². The lowest BCUT2D eigenvalue weighted by molar-refractivity contribution is 0.174. The maximum absolute atomic E-state index is 5.56. The van der Waals surface area contributed by atoms with E-state index in [0.29, 0.717) is 17.7 Å². The summed E-state index contributed by atoms with van der Waals surface area (Å²) in [4.78, 5) is 0.941. The quantitative estimate of drug-likeness (QED) is 0.797. The highest BCUT2D eigenvalue weighted by molar-refractivity contribution is 7.13. The summed E-state index contributed by atoms with van der Waals surface area (Å²) < 4.78 is 16.1. The molecule has 1 aliphatic rings. The van der Waals surface area contributed by atoms with Crippen LogP contribution in [0.15, 0.2) is 40.1 Å². The molecular weight excluding hydrogens is 278 g/mol. The minimum Gasteiger partial charge on any atom is -0.454 e. The Balaban J connectivity index is 1.57. The summed E-state index contributed by atoms with van der Waals surface area (Å²) in [5.41, 5.74) is 0.802. The van der Waals surface area contributed by atoms with Crippen molar-refractivity contribution in [3.63, 3.8) is 0 Å². The van der Waals surface area contributed by atoms with Crippen LogP contribution >= 0.6 is 11.3 Å². The third-order valence-corrected chi connectivity index (χ3v) is 3.64. The fraction of sp³-hybridized carbons (Fsp3) is 0.0769. The first-order valence-electron chi connectivity index (χ1n) is 5.92. The zero-order valence-corrected chi connectivity index (χ0v) is 11.0. The number of benzene rings is 1. The van der Waals surface area contributed by atoms with E-state index in [1.807, 2.05) is 35.7 Å². The van der Waals surface area contributed by atoms with E-state index in [1.165, 1.54) is 0 Å². The number of ether oxygens (including phenoxy) is 2. The van der Waals surface area contributed by atoms with E-state index in [4.69, 9.17) is 13.9 Å². The van der Waals surface area contributed by atoms with Crippen LogP contribution in [0, 0.1) is 0 Å². The van der Waals surface area contributed by atoms with Crippen molar-refractivity contribution in [1.82, 2.24) is 10.2 Å². The van der Waals surface area contributed by atoms with Crippen molar-refractivity contribution in [1.29, 1.82) is 0 Å². The minimum absolute atomic E-state index is 0.252. The van der Waals surface area contributed by atoms with Crippen LogP contribution in [0.4, 0.5) is 11.7 Å². The van der Waals surface area contributed by atoms with Crippen LogP contribution < -0.4 is 14.8 Å². The molecule has 3 heterocycles. The summed E-state index contributed by atoms with van der Waals surface area (Å²) >= 11 is 1.55. The number of anilines is 2. The van der Waals surface area contributed by atoms with E-state index in [9.17, 15) is 0 Å². The van der Waals surface area contributed by atoms with Crippen LogP contribution in [-0.2, 0) is 0 Å². The van der Waals surface area contributed by atoms with Gasteiger partial charge in [-0.05, 0) is 23.6 Å². The Kier molecular flexibility index (Phi) is 2.56. The molecule has 0 radical (unpaired) electrons. The zero-order chi connectivity index (χ0) is 13.4. The summed E-state index contributed by atoms with van der Waals surface area (Å²) in [6.45, 7) is 0.252. The molecule has 2 aromatic heterocycles. The number of nitrogens with zero attached hydrogens (tertiary/aromatic N) is 2. The Morgan fingerprint density at radius 1 is 1.10 bits per heavy atom. The zero-order valence-electron chi connectivity index (χ0n) is 10.2. The van der Waals surface area contributed by atoms with E-state index in [2.05, 4.69) is 15.5 Å². The van der Waals surface area contributed by atoms with Gasteiger partial charge in [0.25, 0.3) is 5.89 Å². The lowest BCUT2D eigenvalue weighted by Crippen LogP contribution is -1.93. The van der Waals surface area contributed by atoms with Crippen molar-refractivity contribution in [2.24, 2.45) is 0 Å². The average molecular weight is 287 g/mol. The lowest BCUT2D eigenvalue weighted by Gasteiger charge is -2.02. The fourth-order valence-corrected chi connectivity index (χ4v) is 2.52. The molecule has 3 aromatic rings. The molecule has 0 saturated heterocycles. The Bertz CT molecular complexity index is 739. The molecule has 0 unspecified atom stereocenters. The number of nitrogens with one attached hydrogen (secondary N) is 1. The van der Waals surface area contributed by atoms with Crippen molar-refractivity contribution >= 4 is 23.0 Å². The second-order valence-corrected chi connectivity index (χ2v) is 5.03. The Hall–Kier alpha value is -2.54. The summed E-state index contributed by atoms with van der Waals surface area (Å²) in [7, 11) is 0. The van der Waals surface area contributed by atoms with Crippen molar-refractivity contribution in [3.8, 4) is 22.3 Å². The van der Waals surface area contributed by atoms with Crippen LogP contribution in [0.25, 0.3) is 10.8 Å². The van der Waals surface area contributed by atoms with Crippen molar-refractivity contribution in [3.05, 3.63) is 35.7 Å². The maximum atomic E-state index is 5.56. The molecule has 100 valence electrons. The van der Waals surface area contributed by atoms with Gasteiger partial charge < -0.3 is 19.2 Å². The monoisotopic (exact) mass is 287 g/mol. The van der Waals surface area contributed by atoms with Gasteiger partial charge in [-0.3, -0.25) is 0 Å². The fourth-order valence-electron chi connectivity index (χ4n) is 1.87. The molecule has 1 N–H and O–H groups in total. The SMILES string of the molecule is c1csc(-c2nnc(Nc3ccc4c(c3)OCO4)o2)c1. The third kappa shape index (κ3) is 1.97. The molecule has 7 heteroatoms. The van der Waals surface area contributed by atoms with E-state index in [0.717, 1.165) is 16.3 Å². The topological polar surface area (TPSA) is 69.4 Å². The highest BCUT2D eigenvalue weighted by Gasteiger charge is 2.14. The number of rotatable bonds is 3. The standard InChI is InChI=1S/C13H9N3O3S/c1-2-11(20-5-1)12-15-16-13(19-12)14-8-3-4-9-10(6-8)18-7-17-9/h1-6H,7H2,(H,14,16). The van der Waals surface area contributed by atoms with Crippen molar-refractivity contribution < 1.29 is 13.9 Å². The summed E-state index contributed by atoms with van der Waals surface area (Å²) in [5, 5.41) is 13.0. The van der Waals surface area contributed by atoms with Crippen LogP contribution in [0.3, 0.4) is 0 Å². The number of fused-ring (bicyclic) bond motifs is 1. The smallest absolute Gasteiger partial charge is 0.320 e. The van der Waals surface area contributed by atoms with E-state index < -0.39 is 0 Å². The Morgan fingerprint density at radius 2 is 2.05 bits per heavy atom. The minimum atomic E-state index is 0.252. The number of thiophene rings is 1. The first kappa shape index (κ1) is 11.3. The van der Waals surface area contributed by atoms with Gasteiger partial charge in [0.2, 0.25) is 6.79 Å². The molecule has 0 atom stereocenters. The predicted octanol–water partition coefficient (Wildman–Crippen LogP) is 3.27. The van der Waals surface area contributed by atoms with Gasteiger partial charge >= 0.3 is 6.01 Å². The van der Waals surface area contributed by atoms with Gasteiger partial charge in [0.05, 0.1) is 4.88 Å². The molecule has 1 aromatic carbocycles. The lowest BCUT2D eigenvalue weighted by atomic mass is 10.3. The molecule has 0 fully saturated rings. The molecule has 0 amide bonds. The summed E-state index contributed by atoms with van der Waals surface area (Å²) in [5.74, 6) is 1.94. The first-order chi connectivity index (χ1) is 9.88. The Morgan fingerprint density at radius 3 is 2.95 bits per heavy atom. The highest BCUT2D eigenvalue weighted by Crippen LogP contribution is 2.35. The second kappa shape index (κ2) is 4.53. The largest absolute Gasteiger partial charge is 0.454 e. The molecule has 0 aliphatic carbocycles. The predicted molar refractivity (Wildman–Crippen MR) is 73.5 cm³/mol. The molecule has 0 bridgehead atoms. The van der Waals surface area contributed by atoms with E-state index >= 15 is 0 Å². The molecule has 1 aliphatic heterocycles. The molecular formula is C13H9N3O3S. The van der Waals surface area contributed by atoms with Gasteiger partial charge in [-0.25, -0.2) is 0 Å². The van der Waals surface area contributed by atoms with Crippen molar-refractivity contribution in [2.45, 2.75) is 0 Å². The van der Waals surface area contributed by atoms with Gasteiger partial charge in [-0.1, -0.05) is 11.2 Å². The number of hydrogen-bond acceptors (Lipinski definition) is 7. The summed E-state index contributed by atoms with van der Waals surface area (Å²) in [6.07, 6.45) is 0. The molecule has 20 heavy (non-hydrogen) atoms. The van der Waals surface area contributed by atoms with Crippen molar-refractivity contribution in [2.75, 3.05) is 12.1 Å². The third-order valence-electron chi connectivity index (χ3n) is 2.78. The van der Waals surface area contributed by atoms with Gasteiger partial charge in [-0.2, -0.15) is 0 Å². The Labute approximate surface area is 118 Å². The number of hydrogen-bond donors (Lipinski definition) is 1. The van der Waals surface area contributed by atoms with Gasteiger partial charge in [0.1, 0.15) is 0 Å². The average Bonchev–Trinajstić information content (AvgIpc) is 3.19. The molecule has 0 spiro atoms. The normalized spacial score (nSPS) is 12.6. The molecule has 6 nitrogen and oxygen atoms in total. The second-order valence-electron chi connectivity index (χ2n) is 4.08. The summed E-state index contributed by atoms with van der Waals surface area (Å²) in [6, 6.07) is 9.74. The first-order valence-corrected chi connectivity index (χ1v) is 6.80. The molecule has 4 rings (SSSR count). The van der Waals surface area contributed by atoms with Gasteiger partial charge in [-0.15, -0.1) is 16.4 Å². The van der Waals surface area contributed by atoms with E-state index in [1.54, 1.807) is 11.3 Å². The van der Waals surface area contributed by atoms with Gasteiger partial charge in [0, 0.05) is 11.8 Å². The highest BCUT2D eigenvalue weighted by atomic mass is 32.1. The van der Waals surface area contributed by atoms with Crippen LogP contribution in [0.1, 0.15) is 0 Å². The maximum Gasteiger partial charge on any atom is 0.320 e. The van der Waals surface area contributed by atoms with E-state index in [-0.39, 0.29) is 6.79 Å². The van der Waals surface area contributed by atoms with Crippen LogP contribution in [0.5, 0.6) is 11.5 Å². The van der Waals surface area contributed by atoms with Crippen LogP contribution in [0.2, 0.25) is 0 Å². The van der Waals surface area contributed by atoms with Gasteiger partial charge in [0.15, 0.2) is 11.5 Å².